The van der Waals surface area contributed by atoms with E-state index in [2.05, 4.69) is 18.7 Å². The Labute approximate surface area is 261 Å². The van der Waals surface area contributed by atoms with E-state index in [9.17, 15) is 9.59 Å². The Morgan fingerprint density at radius 1 is 0.571 bits per heavy atom. The zero-order valence-corrected chi connectivity index (χ0v) is 28.2. The third-order valence-corrected chi connectivity index (χ3v) is 8.46. The topological polar surface area (TPSA) is 92.9 Å². The number of esters is 1. The van der Waals surface area contributed by atoms with Gasteiger partial charge in [-0.05, 0) is 84.0 Å². The molecule has 0 heterocycles. The van der Waals surface area contributed by atoms with Gasteiger partial charge < -0.3 is 20.5 Å². The summed E-state index contributed by atoms with van der Waals surface area (Å²) < 4.78 is 6.00. The number of carbonyl (C=O) groups excluding carboxylic acids is 1. The molecule has 0 aliphatic rings. The fourth-order valence-corrected chi connectivity index (χ4v) is 5.74. The molecule has 0 aromatic carbocycles. The summed E-state index contributed by atoms with van der Waals surface area (Å²) in [5, 5.41) is 8.74. The second-order valence-corrected chi connectivity index (χ2v) is 12.6. The van der Waals surface area contributed by atoms with Crippen LogP contribution in [-0.2, 0) is 14.3 Å². The molecule has 250 valence electrons. The average Bonchev–Trinajstić information content (AvgIpc) is 2.97. The average molecular weight is 597 g/mol. The molecule has 0 unspecified atom stereocenters. The van der Waals surface area contributed by atoms with Crippen molar-refractivity contribution in [1.29, 1.82) is 0 Å². The highest BCUT2D eigenvalue weighted by atomic mass is 16.5. The van der Waals surface area contributed by atoms with Crippen LogP contribution in [0, 0.1) is 0 Å². The van der Waals surface area contributed by atoms with Gasteiger partial charge in [0.15, 0.2) is 0 Å². The van der Waals surface area contributed by atoms with E-state index in [1.807, 2.05) is 0 Å². The van der Waals surface area contributed by atoms with Crippen LogP contribution in [0.5, 0.6) is 0 Å². The van der Waals surface area contributed by atoms with Crippen molar-refractivity contribution in [3.63, 3.8) is 0 Å². The Bertz CT molecular complexity index is 571. The maximum absolute atomic E-state index is 12.6. The second-order valence-electron chi connectivity index (χ2n) is 12.6. The van der Waals surface area contributed by atoms with Crippen molar-refractivity contribution in [2.75, 3.05) is 26.2 Å². The first-order chi connectivity index (χ1) is 20.5. The molecule has 0 aromatic heterocycles. The maximum atomic E-state index is 12.6. The quantitative estimate of drug-likeness (QED) is 0.0567. The van der Waals surface area contributed by atoms with Crippen LogP contribution in [0.2, 0.25) is 0 Å². The fourth-order valence-electron chi connectivity index (χ4n) is 5.74. The van der Waals surface area contributed by atoms with Gasteiger partial charge in [0.2, 0.25) is 0 Å². The van der Waals surface area contributed by atoms with Gasteiger partial charge in [-0.2, -0.15) is 0 Å². The molecule has 3 N–H and O–H groups in total. The van der Waals surface area contributed by atoms with Crippen molar-refractivity contribution in [1.82, 2.24) is 4.90 Å². The number of nitrogens with zero attached hydrogens (tertiary/aromatic N) is 1. The van der Waals surface area contributed by atoms with E-state index in [-0.39, 0.29) is 12.1 Å². The van der Waals surface area contributed by atoms with Crippen molar-refractivity contribution in [2.24, 2.45) is 5.73 Å². The van der Waals surface area contributed by atoms with Gasteiger partial charge in [-0.3, -0.25) is 9.59 Å². The Morgan fingerprint density at radius 3 is 1.45 bits per heavy atom. The predicted octanol–water partition coefficient (Wildman–Crippen LogP) is 9.82. The number of hydrogen-bond acceptors (Lipinski definition) is 5. The Balaban J connectivity index is 4.10. The highest BCUT2D eigenvalue weighted by molar-refractivity contribution is 5.69. The van der Waals surface area contributed by atoms with Gasteiger partial charge in [0.05, 0.1) is 0 Å². The van der Waals surface area contributed by atoms with Crippen LogP contribution in [0.15, 0.2) is 0 Å². The van der Waals surface area contributed by atoms with E-state index in [1.54, 1.807) is 0 Å². The first kappa shape index (κ1) is 40.9. The zero-order chi connectivity index (χ0) is 30.9. The fraction of sp³-hybridized carbons (Fsp3) is 0.944. The van der Waals surface area contributed by atoms with Crippen LogP contribution in [0.3, 0.4) is 0 Å². The summed E-state index contributed by atoms with van der Waals surface area (Å²) in [5.74, 6) is -0.665. The summed E-state index contributed by atoms with van der Waals surface area (Å²) in [6, 6.07) is 0. The first-order valence-corrected chi connectivity index (χ1v) is 18.4. The lowest BCUT2D eigenvalue weighted by atomic mass is 10.0. The standard InChI is InChI=1S/C36H72N2O4/c1-3-5-7-9-13-19-26-34(27-20-14-10-8-6-4-2)42-36(41)29-22-16-12-18-24-32-38(33-25-30-37)31-23-17-11-15-21-28-35(39)40/h34H,3-33,37H2,1-2H3,(H,39,40). The van der Waals surface area contributed by atoms with Gasteiger partial charge in [-0.15, -0.1) is 0 Å². The summed E-state index contributed by atoms with van der Waals surface area (Å²) in [6.45, 7) is 8.56. The van der Waals surface area contributed by atoms with Gasteiger partial charge in [0.1, 0.15) is 6.10 Å². The van der Waals surface area contributed by atoms with Crippen molar-refractivity contribution in [2.45, 2.75) is 193 Å². The van der Waals surface area contributed by atoms with E-state index in [1.165, 1.54) is 109 Å². The maximum Gasteiger partial charge on any atom is 0.306 e. The molecule has 0 aliphatic heterocycles. The van der Waals surface area contributed by atoms with E-state index in [0.29, 0.717) is 12.8 Å². The molecule has 0 saturated heterocycles. The molecule has 0 fully saturated rings. The summed E-state index contributed by atoms with van der Waals surface area (Å²) in [6.07, 6.45) is 30.5. The number of nitrogens with two attached hydrogens (primary N) is 1. The van der Waals surface area contributed by atoms with Crippen molar-refractivity contribution in [3.05, 3.63) is 0 Å². The molecule has 0 radical (unpaired) electrons. The van der Waals surface area contributed by atoms with Gasteiger partial charge >= 0.3 is 11.9 Å². The lowest BCUT2D eigenvalue weighted by molar-refractivity contribution is -0.150. The van der Waals surface area contributed by atoms with Gasteiger partial charge in [0.25, 0.3) is 0 Å². The Hall–Kier alpha value is -1.14. The molecule has 0 spiro atoms. The third kappa shape index (κ3) is 30.3. The van der Waals surface area contributed by atoms with Crippen LogP contribution in [0.25, 0.3) is 0 Å². The normalized spacial score (nSPS) is 11.5. The first-order valence-electron chi connectivity index (χ1n) is 18.4. The minimum Gasteiger partial charge on any atom is -0.481 e. The zero-order valence-electron chi connectivity index (χ0n) is 28.2. The molecule has 6 heteroatoms. The molecule has 42 heavy (non-hydrogen) atoms. The molecule has 0 aliphatic carbocycles. The summed E-state index contributed by atoms with van der Waals surface area (Å²) in [4.78, 5) is 25.8. The summed E-state index contributed by atoms with van der Waals surface area (Å²) >= 11 is 0. The molecule has 0 saturated carbocycles. The van der Waals surface area contributed by atoms with E-state index < -0.39 is 5.97 Å². The Morgan fingerprint density at radius 2 is 0.976 bits per heavy atom. The highest BCUT2D eigenvalue weighted by Gasteiger charge is 2.14. The van der Waals surface area contributed by atoms with Crippen LogP contribution in [0.4, 0.5) is 0 Å². The number of aliphatic carboxylic acids is 1. The lowest BCUT2D eigenvalue weighted by Gasteiger charge is -2.22. The molecule has 6 nitrogen and oxygen atoms in total. The van der Waals surface area contributed by atoms with Gasteiger partial charge in [-0.25, -0.2) is 0 Å². The summed E-state index contributed by atoms with van der Waals surface area (Å²) in [5.41, 5.74) is 5.75. The monoisotopic (exact) mass is 597 g/mol. The smallest absolute Gasteiger partial charge is 0.306 e. The van der Waals surface area contributed by atoms with Crippen molar-refractivity contribution < 1.29 is 19.4 Å². The van der Waals surface area contributed by atoms with E-state index >= 15 is 0 Å². The van der Waals surface area contributed by atoms with Gasteiger partial charge in [0, 0.05) is 12.8 Å². The number of unbranched alkanes of at least 4 members (excludes halogenated alkanes) is 18. The van der Waals surface area contributed by atoms with Crippen LogP contribution < -0.4 is 5.73 Å². The number of carboxylic acids is 1. The minimum atomic E-state index is -0.686. The van der Waals surface area contributed by atoms with Crippen molar-refractivity contribution >= 4 is 11.9 Å². The largest absolute Gasteiger partial charge is 0.481 e. The Kier molecular flexibility index (Phi) is 31.9. The number of rotatable bonds is 34. The lowest BCUT2D eigenvalue weighted by Crippen LogP contribution is -2.28. The van der Waals surface area contributed by atoms with E-state index in [4.69, 9.17) is 15.6 Å². The van der Waals surface area contributed by atoms with Gasteiger partial charge in [-0.1, -0.05) is 117 Å². The molecular weight excluding hydrogens is 524 g/mol. The molecule has 0 rings (SSSR count). The molecule has 0 amide bonds. The minimum absolute atomic E-state index is 0.0212. The number of carboxylic acid groups (broad SMARTS) is 1. The van der Waals surface area contributed by atoms with Crippen LogP contribution >= 0.6 is 0 Å². The van der Waals surface area contributed by atoms with Crippen molar-refractivity contribution in [3.8, 4) is 0 Å². The van der Waals surface area contributed by atoms with E-state index in [0.717, 1.165) is 77.5 Å². The molecular formula is C36H72N2O4. The molecule has 0 atom stereocenters. The number of hydrogen-bond donors (Lipinski definition) is 2. The van der Waals surface area contributed by atoms with Crippen LogP contribution in [-0.4, -0.2) is 54.2 Å². The number of carbonyl (C=O) groups is 2. The molecule has 0 bridgehead atoms. The SMILES string of the molecule is CCCCCCCCC(CCCCCCCC)OC(=O)CCCCCCCN(CCCN)CCCCCCCC(=O)O. The summed E-state index contributed by atoms with van der Waals surface area (Å²) in [7, 11) is 0. The second kappa shape index (κ2) is 32.8. The highest BCUT2D eigenvalue weighted by Crippen LogP contribution is 2.18. The number of ether oxygens (including phenoxy) is 1. The predicted molar refractivity (Wildman–Crippen MR) is 179 cm³/mol. The van der Waals surface area contributed by atoms with Crippen LogP contribution in [0.1, 0.15) is 187 Å². The molecule has 0 aromatic rings. The third-order valence-electron chi connectivity index (χ3n) is 8.46.